The molecular weight excluding hydrogens is 487 g/mol. The molecule has 0 bridgehead atoms. The Kier molecular flexibility index (Phi) is 4.84. The van der Waals surface area contributed by atoms with Crippen LogP contribution in [0.4, 0.5) is 0 Å². The third kappa shape index (κ3) is 3.41. The van der Waals surface area contributed by atoms with E-state index in [-0.39, 0.29) is 4.83 Å². The monoisotopic (exact) mass is 494 g/mol. The van der Waals surface area contributed by atoms with Gasteiger partial charge in [0.05, 0.1) is 4.83 Å². The van der Waals surface area contributed by atoms with Gasteiger partial charge in [0.15, 0.2) is 11.5 Å². The third-order valence-corrected chi connectivity index (χ3v) is 5.38. The highest BCUT2D eigenvalue weighted by molar-refractivity contribution is 9.11. The standard InChI is InChI=1S/C15H10Br3ClO2/c16-9-3-8(4-10(17)5-9)15(18)11-6-13-14(7-12(11)19)21-2-1-20-13/h3-7,15H,1-2H2. The second kappa shape index (κ2) is 6.49. The SMILES string of the molecule is Clc1cc2c(cc1C(Br)c1cc(Br)cc(Br)c1)OCCO2. The summed E-state index contributed by atoms with van der Waals surface area (Å²) in [6.45, 7) is 1.11. The summed E-state index contributed by atoms with van der Waals surface area (Å²) >= 11 is 17.1. The second-order valence-corrected chi connectivity index (χ2v) is 7.74. The van der Waals surface area contributed by atoms with Crippen molar-refractivity contribution in [3.05, 3.63) is 55.4 Å². The summed E-state index contributed by atoms with van der Waals surface area (Å²) in [5, 5.41) is 0.650. The van der Waals surface area contributed by atoms with Gasteiger partial charge in [-0.2, -0.15) is 0 Å². The zero-order valence-electron chi connectivity index (χ0n) is 10.7. The van der Waals surface area contributed by atoms with Gasteiger partial charge >= 0.3 is 0 Å². The lowest BCUT2D eigenvalue weighted by Crippen LogP contribution is -2.15. The van der Waals surface area contributed by atoms with E-state index in [2.05, 4.69) is 59.9 Å². The number of alkyl halides is 1. The molecule has 0 aliphatic carbocycles. The molecule has 0 saturated carbocycles. The summed E-state index contributed by atoms with van der Waals surface area (Å²) in [5.41, 5.74) is 2.04. The number of rotatable bonds is 2. The van der Waals surface area contributed by atoms with Gasteiger partial charge in [-0.05, 0) is 35.4 Å². The van der Waals surface area contributed by atoms with Crippen molar-refractivity contribution in [2.45, 2.75) is 4.83 Å². The number of fused-ring (bicyclic) bond motifs is 1. The van der Waals surface area contributed by atoms with Crippen LogP contribution in [0.15, 0.2) is 39.3 Å². The van der Waals surface area contributed by atoms with Crippen molar-refractivity contribution in [1.82, 2.24) is 0 Å². The van der Waals surface area contributed by atoms with E-state index >= 15 is 0 Å². The summed E-state index contributed by atoms with van der Waals surface area (Å²) in [6, 6.07) is 9.85. The molecule has 1 aliphatic rings. The minimum Gasteiger partial charge on any atom is -0.486 e. The van der Waals surface area contributed by atoms with Crippen molar-refractivity contribution in [1.29, 1.82) is 0 Å². The first-order valence-electron chi connectivity index (χ1n) is 6.23. The van der Waals surface area contributed by atoms with Crippen LogP contribution < -0.4 is 9.47 Å². The molecule has 1 unspecified atom stereocenters. The molecular formula is C15H10Br3ClO2. The highest BCUT2D eigenvalue weighted by atomic mass is 79.9. The molecule has 0 fully saturated rings. The largest absolute Gasteiger partial charge is 0.486 e. The van der Waals surface area contributed by atoms with Crippen molar-refractivity contribution >= 4 is 59.4 Å². The lowest BCUT2D eigenvalue weighted by atomic mass is 10.0. The normalized spacial score (nSPS) is 14.9. The molecule has 0 spiro atoms. The molecule has 3 rings (SSSR count). The summed E-state index contributed by atoms with van der Waals surface area (Å²) in [6.07, 6.45) is 0. The van der Waals surface area contributed by atoms with Crippen LogP contribution in [0.5, 0.6) is 11.5 Å². The molecule has 0 radical (unpaired) electrons. The number of benzene rings is 2. The maximum absolute atomic E-state index is 6.40. The fourth-order valence-electron chi connectivity index (χ4n) is 2.17. The molecule has 2 nitrogen and oxygen atoms in total. The Bertz CT molecular complexity index is 671. The molecule has 0 amide bonds. The molecule has 1 atom stereocenters. The summed E-state index contributed by atoms with van der Waals surface area (Å²) < 4.78 is 13.2. The predicted molar refractivity (Wildman–Crippen MR) is 95.1 cm³/mol. The zero-order chi connectivity index (χ0) is 15.0. The molecule has 6 heteroatoms. The van der Waals surface area contributed by atoms with Gasteiger partial charge in [0, 0.05) is 20.0 Å². The first-order chi connectivity index (χ1) is 10.0. The maximum Gasteiger partial charge on any atom is 0.162 e. The Morgan fingerprint density at radius 2 is 1.48 bits per heavy atom. The van der Waals surface area contributed by atoms with Gasteiger partial charge in [-0.25, -0.2) is 0 Å². The summed E-state index contributed by atoms with van der Waals surface area (Å²) in [7, 11) is 0. The average Bonchev–Trinajstić information content (AvgIpc) is 2.44. The number of hydrogen-bond donors (Lipinski definition) is 0. The van der Waals surface area contributed by atoms with Crippen molar-refractivity contribution in [2.75, 3.05) is 13.2 Å². The van der Waals surface area contributed by atoms with Crippen LogP contribution in [0.3, 0.4) is 0 Å². The van der Waals surface area contributed by atoms with Gasteiger partial charge in [0.2, 0.25) is 0 Å². The van der Waals surface area contributed by atoms with Gasteiger partial charge in [-0.15, -0.1) is 0 Å². The smallest absolute Gasteiger partial charge is 0.162 e. The number of halogens is 4. The zero-order valence-corrected chi connectivity index (χ0v) is 16.2. The number of ether oxygens (including phenoxy) is 2. The second-order valence-electron chi connectivity index (χ2n) is 4.58. The highest BCUT2D eigenvalue weighted by Crippen LogP contribution is 2.43. The van der Waals surface area contributed by atoms with Crippen molar-refractivity contribution in [3.8, 4) is 11.5 Å². The quantitative estimate of drug-likeness (QED) is 0.466. The lowest BCUT2D eigenvalue weighted by Gasteiger charge is -2.21. The highest BCUT2D eigenvalue weighted by Gasteiger charge is 2.20. The van der Waals surface area contributed by atoms with Gasteiger partial charge in [0.1, 0.15) is 13.2 Å². The van der Waals surface area contributed by atoms with E-state index in [9.17, 15) is 0 Å². The fourth-order valence-corrected chi connectivity index (χ4v) is 4.54. The van der Waals surface area contributed by atoms with Crippen molar-refractivity contribution in [2.24, 2.45) is 0 Å². The molecule has 1 aliphatic heterocycles. The Balaban J connectivity index is 2.02. The van der Waals surface area contributed by atoms with E-state index in [0.717, 1.165) is 25.8 Å². The third-order valence-electron chi connectivity index (χ3n) is 3.11. The van der Waals surface area contributed by atoms with Crippen LogP contribution in [0.2, 0.25) is 5.02 Å². The predicted octanol–water partition coefficient (Wildman–Crippen LogP) is 6.12. The van der Waals surface area contributed by atoms with Crippen LogP contribution >= 0.6 is 59.4 Å². The molecule has 2 aromatic rings. The fraction of sp³-hybridized carbons (Fsp3) is 0.200. The van der Waals surface area contributed by atoms with E-state index in [1.807, 2.05) is 18.2 Å². The van der Waals surface area contributed by atoms with Crippen LogP contribution in [0.1, 0.15) is 16.0 Å². The van der Waals surface area contributed by atoms with Gasteiger partial charge in [-0.1, -0.05) is 59.4 Å². The van der Waals surface area contributed by atoms with E-state index in [0.29, 0.717) is 24.0 Å². The Labute approximate surface area is 153 Å². The lowest BCUT2D eigenvalue weighted by molar-refractivity contribution is 0.171. The van der Waals surface area contributed by atoms with Gasteiger partial charge in [0.25, 0.3) is 0 Å². The first kappa shape index (κ1) is 15.7. The molecule has 110 valence electrons. The van der Waals surface area contributed by atoms with E-state index < -0.39 is 0 Å². The first-order valence-corrected chi connectivity index (χ1v) is 9.11. The molecule has 2 aromatic carbocycles. The van der Waals surface area contributed by atoms with Crippen LogP contribution in [0, 0.1) is 0 Å². The summed E-state index contributed by atoms with van der Waals surface area (Å²) in [5.74, 6) is 1.43. The molecule has 0 aromatic heterocycles. The molecule has 0 N–H and O–H groups in total. The topological polar surface area (TPSA) is 18.5 Å². The van der Waals surface area contributed by atoms with E-state index in [4.69, 9.17) is 21.1 Å². The van der Waals surface area contributed by atoms with Crippen LogP contribution in [-0.4, -0.2) is 13.2 Å². The minimum atomic E-state index is -0.0328. The van der Waals surface area contributed by atoms with E-state index in [1.165, 1.54) is 0 Å². The minimum absolute atomic E-state index is 0.0328. The van der Waals surface area contributed by atoms with Crippen LogP contribution in [0.25, 0.3) is 0 Å². The Morgan fingerprint density at radius 1 is 0.905 bits per heavy atom. The van der Waals surface area contributed by atoms with Crippen molar-refractivity contribution in [3.63, 3.8) is 0 Å². The Hall–Kier alpha value is -0.230. The molecule has 21 heavy (non-hydrogen) atoms. The maximum atomic E-state index is 6.40. The van der Waals surface area contributed by atoms with E-state index in [1.54, 1.807) is 0 Å². The molecule has 1 heterocycles. The molecule has 0 saturated heterocycles. The van der Waals surface area contributed by atoms with Crippen LogP contribution in [-0.2, 0) is 0 Å². The Morgan fingerprint density at radius 3 is 2.10 bits per heavy atom. The van der Waals surface area contributed by atoms with Gasteiger partial charge < -0.3 is 9.47 Å². The number of hydrogen-bond acceptors (Lipinski definition) is 2. The summed E-state index contributed by atoms with van der Waals surface area (Å²) in [4.78, 5) is -0.0328. The van der Waals surface area contributed by atoms with Crippen molar-refractivity contribution < 1.29 is 9.47 Å². The van der Waals surface area contributed by atoms with Gasteiger partial charge in [-0.3, -0.25) is 0 Å². The average molecular weight is 497 g/mol.